The first kappa shape index (κ1) is 31.9. The van der Waals surface area contributed by atoms with E-state index >= 15 is 0 Å². The number of hydrogen-bond donors (Lipinski definition) is 3. The molecule has 7 nitrogen and oxygen atoms in total. The number of thioether (sulfide) groups is 1. The van der Waals surface area contributed by atoms with Crippen molar-refractivity contribution < 1.29 is 13.9 Å². The van der Waals surface area contributed by atoms with E-state index in [4.69, 9.17) is 16.2 Å². The number of aryl methyl sites for hydroxylation is 1. The van der Waals surface area contributed by atoms with Crippen LogP contribution in [0.2, 0.25) is 0 Å². The van der Waals surface area contributed by atoms with Crippen LogP contribution in [0.5, 0.6) is 5.75 Å². The molecule has 1 unspecified atom stereocenters. The van der Waals surface area contributed by atoms with Crippen LogP contribution in [0.15, 0.2) is 41.5 Å². The van der Waals surface area contributed by atoms with Gasteiger partial charge in [-0.1, -0.05) is 51.3 Å². The minimum Gasteiger partial charge on any atom is -0.479 e. The normalized spacial score (nSPS) is 15.6. The summed E-state index contributed by atoms with van der Waals surface area (Å²) in [5, 5.41) is 2.98. The van der Waals surface area contributed by atoms with Gasteiger partial charge in [0.15, 0.2) is 5.17 Å². The highest BCUT2D eigenvalue weighted by atomic mass is 32.2. The molecule has 0 aliphatic carbocycles. The van der Waals surface area contributed by atoms with Gasteiger partial charge < -0.3 is 21.5 Å². The van der Waals surface area contributed by atoms with Crippen LogP contribution >= 0.6 is 11.8 Å². The van der Waals surface area contributed by atoms with E-state index < -0.39 is 5.54 Å². The topological polar surface area (TPSA) is 116 Å². The molecule has 35 heavy (non-hydrogen) atoms. The summed E-state index contributed by atoms with van der Waals surface area (Å²) < 4.78 is 19.2. The zero-order valence-corrected chi connectivity index (χ0v) is 22.3. The Kier molecular flexibility index (Phi) is 16.7. The monoisotopic (exact) mass is 503 g/mol. The van der Waals surface area contributed by atoms with Crippen molar-refractivity contribution in [2.24, 2.45) is 16.5 Å². The highest BCUT2D eigenvalue weighted by Crippen LogP contribution is 2.37. The molecular weight excluding hydrogens is 465 g/mol. The lowest BCUT2D eigenvalue weighted by Gasteiger charge is -2.30. The third kappa shape index (κ3) is 11.7. The number of aliphatic imine (C=N–C) groups is 1. The third-order valence-electron chi connectivity index (χ3n) is 4.39. The minimum atomic E-state index is -0.667. The predicted molar refractivity (Wildman–Crippen MR) is 146 cm³/mol. The number of carbonyl (C=O) groups is 1. The van der Waals surface area contributed by atoms with E-state index in [9.17, 15) is 9.18 Å². The van der Waals surface area contributed by atoms with Gasteiger partial charge in [-0.2, -0.15) is 0 Å². The Morgan fingerprint density at radius 3 is 2.51 bits per heavy atom. The molecule has 1 atom stereocenters. The second kappa shape index (κ2) is 18.3. The number of nitrogens with zero attached hydrogens (tertiary/aromatic N) is 2. The number of hydrogen-bond acceptors (Lipinski definition) is 7. The Hall–Kier alpha value is -3.09. The van der Waals surface area contributed by atoms with E-state index in [1.807, 2.05) is 53.7 Å². The first-order chi connectivity index (χ1) is 16.9. The number of carbonyl (C=O) groups excluding carboxylic acids is 1. The predicted octanol–water partition coefficient (Wildman–Crippen LogP) is 4.84. The summed E-state index contributed by atoms with van der Waals surface area (Å²) >= 11 is 1.47. The maximum atomic E-state index is 13.9. The van der Waals surface area contributed by atoms with E-state index in [1.165, 1.54) is 23.9 Å². The highest BCUT2D eigenvalue weighted by Gasteiger charge is 2.32. The largest absolute Gasteiger partial charge is 0.479 e. The molecule has 192 valence electrons. The van der Waals surface area contributed by atoms with Gasteiger partial charge in [0.05, 0.1) is 18.3 Å². The maximum Gasteiger partial charge on any atom is 0.211 e. The molecule has 5 N–H and O–H groups in total. The van der Waals surface area contributed by atoms with Crippen LogP contribution in [0.1, 0.15) is 52.3 Å². The van der Waals surface area contributed by atoms with Crippen molar-refractivity contribution in [1.82, 2.24) is 4.98 Å². The van der Waals surface area contributed by atoms with Crippen LogP contribution in [0, 0.1) is 24.6 Å². The Morgan fingerprint density at radius 1 is 1.23 bits per heavy atom. The number of amides is 1. The molecule has 2 aromatic rings. The van der Waals surface area contributed by atoms with Crippen molar-refractivity contribution in [2.75, 3.05) is 24.2 Å². The van der Waals surface area contributed by atoms with Crippen molar-refractivity contribution >= 4 is 29.0 Å². The third-order valence-corrected chi connectivity index (χ3v) is 5.19. The van der Waals surface area contributed by atoms with E-state index in [-0.39, 0.29) is 5.82 Å². The number of pyridine rings is 1. The van der Waals surface area contributed by atoms with Crippen molar-refractivity contribution in [3.05, 3.63) is 53.6 Å². The Balaban J connectivity index is 0.000000602. The van der Waals surface area contributed by atoms with Gasteiger partial charge in [0, 0.05) is 22.7 Å². The number of anilines is 1. The zero-order chi connectivity index (χ0) is 26.7. The molecule has 0 saturated carbocycles. The summed E-state index contributed by atoms with van der Waals surface area (Å²) in [6, 6.07) is 8.22. The minimum absolute atomic E-state index is 0.336. The number of nitrogens with two attached hydrogens (primary N) is 2. The summed E-state index contributed by atoms with van der Waals surface area (Å²) in [5.74, 6) is 6.69. The summed E-state index contributed by atoms with van der Waals surface area (Å²) in [4.78, 5) is 18.9. The van der Waals surface area contributed by atoms with E-state index in [2.05, 4.69) is 27.1 Å². The van der Waals surface area contributed by atoms with Crippen molar-refractivity contribution in [1.29, 1.82) is 0 Å². The fraction of sp³-hybridized carbons (Fsp3) is 0.423. The van der Waals surface area contributed by atoms with Crippen molar-refractivity contribution in [3.63, 3.8) is 0 Å². The number of nitrogens with one attached hydrogen (secondary N) is 1. The van der Waals surface area contributed by atoms with Crippen LogP contribution < -0.4 is 21.5 Å². The number of amidine groups is 1. The lowest BCUT2D eigenvalue weighted by atomic mass is 9.89. The SMILES string of the molecule is CC.CC.CC1(c2cc(NC=O)ccc2F)CCSC(N)=N1.Cc1ccc(OCC#CCN)cn1. The first-order valence-corrected chi connectivity index (χ1v) is 12.6. The summed E-state index contributed by atoms with van der Waals surface area (Å²) in [6.07, 6.45) is 2.95. The molecule has 0 radical (unpaired) electrons. The van der Waals surface area contributed by atoms with Gasteiger partial charge >= 0.3 is 0 Å². The first-order valence-electron chi connectivity index (χ1n) is 11.6. The molecule has 3 rings (SSSR count). The molecule has 0 bridgehead atoms. The second-order valence-corrected chi connectivity index (χ2v) is 7.88. The summed E-state index contributed by atoms with van der Waals surface area (Å²) in [6.45, 7) is 12.5. The molecular formula is C26H38FN5O2S. The van der Waals surface area contributed by atoms with Gasteiger partial charge in [-0.3, -0.25) is 14.8 Å². The van der Waals surface area contributed by atoms with E-state index in [0.717, 1.165) is 17.2 Å². The molecule has 0 fully saturated rings. The van der Waals surface area contributed by atoms with Gasteiger partial charge in [-0.05, 0) is 50.6 Å². The fourth-order valence-electron chi connectivity index (χ4n) is 2.76. The molecule has 1 amide bonds. The van der Waals surface area contributed by atoms with Gasteiger partial charge in [-0.25, -0.2) is 4.39 Å². The number of rotatable bonds is 5. The Bertz CT molecular complexity index is 974. The molecule has 2 heterocycles. The molecule has 0 saturated heterocycles. The smallest absolute Gasteiger partial charge is 0.211 e. The van der Waals surface area contributed by atoms with E-state index in [1.54, 1.807) is 12.3 Å². The van der Waals surface area contributed by atoms with Crippen LogP contribution in [-0.2, 0) is 10.3 Å². The quantitative estimate of drug-likeness (QED) is 0.397. The summed E-state index contributed by atoms with van der Waals surface area (Å²) in [5.41, 5.74) is 12.2. The number of halogens is 1. The van der Waals surface area contributed by atoms with Crippen molar-refractivity contribution in [3.8, 4) is 17.6 Å². The van der Waals surface area contributed by atoms with Gasteiger partial charge in [-0.15, -0.1) is 0 Å². The average molecular weight is 504 g/mol. The standard InChI is InChI=1S/C12H14FN3OS.C10H12N2O.2C2H6/c1-12(4-5-18-11(14)16-12)9-6-8(15-7-17)2-3-10(9)13;1-9-4-5-10(8-12-9)13-7-3-2-6-11;2*1-2/h2-3,6-7H,4-5H2,1H3,(H2,14,16)(H,15,17);4-5,8H,6-7,11H2,1H3;2*1-2H3. The van der Waals surface area contributed by atoms with Gasteiger partial charge in [0.25, 0.3) is 0 Å². The molecule has 0 spiro atoms. The molecule has 9 heteroatoms. The van der Waals surface area contributed by atoms with Crippen LogP contribution in [0.3, 0.4) is 0 Å². The number of ether oxygens (including phenoxy) is 1. The molecule has 1 aromatic heterocycles. The van der Waals surface area contributed by atoms with Gasteiger partial charge in [0.2, 0.25) is 6.41 Å². The fourth-order valence-corrected chi connectivity index (χ4v) is 3.73. The highest BCUT2D eigenvalue weighted by molar-refractivity contribution is 8.13. The molecule has 1 aliphatic heterocycles. The Labute approximate surface area is 213 Å². The van der Waals surface area contributed by atoms with Crippen LogP contribution in [-0.4, -0.2) is 35.5 Å². The summed E-state index contributed by atoms with van der Waals surface area (Å²) in [7, 11) is 0. The van der Waals surface area contributed by atoms with Crippen LogP contribution in [0.25, 0.3) is 0 Å². The average Bonchev–Trinajstić information content (AvgIpc) is 2.87. The van der Waals surface area contributed by atoms with E-state index in [0.29, 0.717) is 42.4 Å². The lowest BCUT2D eigenvalue weighted by Crippen LogP contribution is -2.29. The number of benzene rings is 1. The Morgan fingerprint density at radius 2 is 1.94 bits per heavy atom. The second-order valence-electron chi connectivity index (χ2n) is 6.76. The lowest BCUT2D eigenvalue weighted by molar-refractivity contribution is -0.105. The maximum absolute atomic E-state index is 13.9. The number of aromatic nitrogens is 1. The van der Waals surface area contributed by atoms with Gasteiger partial charge in [0.1, 0.15) is 18.2 Å². The molecule has 1 aromatic carbocycles. The zero-order valence-electron chi connectivity index (χ0n) is 21.5. The van der Waals surface area contributed by atoms with Crippen molar-refractivity contribution in [2.45, 2.75) is 53.5 Å². The molecule has 1 aliphatic rings. The van der Waals surface area contributed by atoms with Crippen LogP contribution in [0.4, 0.5) is 10.1 Å².